The Kier molecular flexibility index (Phi) is 3.95. The molecular weight excluding hydrogens is 204 g/mol. The Balaban J connectivity index is 2.88. The van der Waals surface area contributed by atoms with Gasteiger partial charge in [0.2, 0.25) is 0 Å². The fraction of sp³-hybridized carbons (Fsp3) is 0.556. The molecule has 0 aromatic carbocycles. The van der Waals surface area contributed by atoms with E-state index >= 15 is 0 Å². The highest BCUT2D eigenvalue weighted by molar-refractivity contribution is 6.17. The highest BCUT2D eigenvalue weighted by atomic mass is 35.5. The van der Waals surface area contributed by atoms with Crippen LogP contribution in [0.15, 0.2) is 6.07 Å². The highest BCUT2D eigenvalue weighted by Crippen LogP contribution is 2.08. The predicted octanol–water partition coefficient (Wildman–Crippen LogP) is 1.82. The van der Waals surface area contributed by atoms with E-state index in [-0.39, 0.29) is 0 Å². The summed E-state index contributed by atoms with van der Waals surface area (Å²) in [5.41, 5.74) is 1.15. The van der Waals surface area contributed by atoms with Crippen LogP contribution < -0.4 is 0 Å². The van der Waals surface area contributed by atoms with Gasteiger partial charge in [-0.3, -0.25) is 4.68 Å². The minimum atomic E-state index is -0.397. The number of carbonyl (C=O) groups excluding carboxylic acids is 1. The Labute approximate surface area is 87.8 Å². The molecule has 0 aliphatic carbocycles. The molecule has 0 radical (unpaired) electrons. The average molecular weight is 217 g/mol. The predicted molar refractivity (Wildman–Crippen MR) is 53.4 cm³/mol. The van der Waals surface area contributed by atoms with Gasteiger partial charge in [0.1, 0.15) is 0 Å². The quantitative estimate of drug-likeness (QED) is 0.570. The van der Waals surface area contributed by atoms with Gasteiger partial charge in [-0.1, -0.05) is 0 Å². The summed E-state index contributed by atoms with van der Waals surface area (Å²) in [6.07, 6.45) is 0. The van der Waals surface area contributed by atoms with Crippen LogP contribution in [0.3, 0.4) is 0 Å². The largest absolute Gasteiger partial charge is 0.461 e. The van der Waals surface area contributed by atoms with Gasteiger partial charge in [-0.25, -0.2) is 4.79 Å². The average Bonchev–Trinajstić information content (AvgIpc) is 2.61. The van der Waals surface area contributed by atoms with Gasteiger partial charge in [0, 0.05) is 6.54 Å². The van der Waals surface area contributed by atoms with Gasteiger partial charge in [-0.05, 0) is 19.9 Å². The maximum atomic E-state index is 11.3. The summed E-state index contributed by atoms with van der Waals surface area (Å²) < 4.78 is 6.52. The molecule has 1 heterocycles. The molecule has 14 heavy (non-hydrogen) atoms. The van der Waals surface area contributed by atoms with Gasteiger partial charge in [0.15, 0.2) is 5.69 Å². The smallest absolute Gasteiger partial charge is 0.358 e. The van der Waals surface area contributed by atoms with Crippen LogP contribution in [0.1, 0.15) is 30.0 Å². The van der Waals surface area contributed by atoms with Gasteiger partial charge < -0.3 is 4.74 Å². The monoisotopic (exact) mass is 216 g/mol. The van der Waals surface area contributed by atoms with E-state index in [0.717, 1.165) is 5.69 Å². The van der Waals surface area contributed by atoms with Crippen molar-refractivity contribution in [1.29, 1.82) is 0 Å². The topological polar surface area (TPSA) is 44.1 Å². The molecule has 0 bridgehead atoms. The molecule has 0 spiro atoms. The van der Waals surface area contributed by atoms with E-state index in [9.17, 15) is 4.79 Å². The molecular formula is C9H13ClN2O2. The Bertz CT molecular complexity index is 301. The lowest BCUT2D eigenvalue weighted by molar-refractivity contribution is 0.0518. The van der Waals surface area contributed by atoms with E-state index in [1.54, 1.807) is 17.7 Å². The number of ether oxygens (including phenoxy) is 1. The van der Waals surface area contributed by atoms with Crippen molar-refractivity contribution < 1.29 is 9.53 Å². The van der Waals surface area contributed by atoms with Gasteiger partial charge in [0.25, 0.3) is 0 Å². The molecule has 5 heteroatoms. The van der Waals surface area contributed by atoms with Gasteiger partial charge in [-0.15, -0.1) is 11.6 Å². The maximum absolute atomic E-state index is 11.3. The summed E-state index contributed by atoms with van der Waals surface area (Å²) in [5.74, 6) is -0.0497. The molecule has 0 aliphatic rings. The first-order chi connectivity index (χ1) is 6.72. The molecule has 1 rings (SSSR count). The number of nitrogens with zero attached hydrogens (tertiary/aromatic N) is 2. The molecule has 0 fully saturated rings. The van der Waals surface area contributed by atoms with Gasteiger partial charge in [0.05, 0.1) is 18.2 Å². The summed E-state index contributed by atoms with van der Waals surface area (Å²) in [6, 6.07) is 1.66. The molecule has 0 saturated heterocycles. The summed E-state index contributed by atoms with van der Waals surface area (Å²) in [7, 11) is 0. The van der Waals surface area contributed by atoms with Crippen molar-refractivity contribution >= 4 is 17.6 Å². The number of hydrogen-bond donors (Lipinski definition) is 0. The second kappa shape index (κ2) is 5.00. The second-order valence-corrected chi connectivity index (χ2v) is 2.96. The Morgan fingerprint density at radius 1 is 1.64 bits per heavy atom. The number of aryl methyl sites for hydroxylation is 1. The first-order valence-electron chi connectivity index (χ1n) is 4.52. The van der Waals surface area contributed by atoms with Crippen LogP contribution in [-0.4, -0.2) is 22.4 Å². The third-order valence-corrected chi connectivity index (χ3v) is 2.06. The second-order valence-electron chi connectivity index (χ2n) is 2.69. The lowest BCUT2D eigenvalue weighted by atomic mass is 10.4. The molecule has 0 amide bonds. The summed E-state index contributed by atoms with van der Waals surface area (Å²) in [6.45, 7) is 4.75. The number of hydrogen-bond acceptors (Lipinski definition) is 3. The number of rotatable bonds is 4. The van der Waals surface area contributed by atoms with Crippen LogP contribution in [0.4, 0.5) is 0 Å². The lowest BCUT2D eigenvalue weighted by Gasteiger charge is -1.98. The molecule has 0 unspecified atom stereocenters. The van der Waals surface area contributed by atoms with Crippen molar-refractivity contribution in [2.24, 2.45) is 0 Å². The van der Waals surface area contributed by atoms with Crippen molar-refractivity contribution in [2.45, 2.75) is 26.3 Å². The Morgan fingerprint density at radius 2 is 2.36 bits per heavy atom. The highest BCUT2D eigenvalue weighted by Gasteiger charge is 2.13. The molecule has 0 aliphatic heterocycles. The first kappa shape index (κ1) is 11.0. The number of esters is 1. The van der Waals surface area contributed by atoms with Crippen LogP contribution in [0, 0.1) is 0 Å². The van der Waals surface area contributed by atoms with E-state index in [2.05, 4.69) is 5.10 Å². The number of halogens is 1. The van der Waals surface area contributed by atoms with Crippen molar-refractivity contribution in [3.05, 3.63) is 17.5 Å². The summed E-state index contributed by atoms with van der Waals surface area (Å²) in [4.78, 5) is 11.3. The van der Waals surface area contributed by atoms with E-state index in [0.29, 0.717) is 24.7 Å². The number of carbonyl (C=O) groups is 1. The van der Waals surface area contributed by atoms with Crippen LogP contribution in [0.5, 0.6) is 0 Å². The summed E-state index contributed by atoms with van der Waals surface area (Å²) in [5, 5.41) is 4.08. The third-order valence-electron chi connectivity index (χ3n) is 1.78. The molecule has 78 valence electrons. The van der Waals surface area contributed by atoms with Crippen molar-refractivity contribution in [3.63, 3.8) is 0 Å². The van der Waals surface area contributed by atoms with Gasteiger partial charge >= 0.3 is 5.97 Å². The fourth-order valence-corrected chi connectivity index (χ4v) is 1.36. The van der Waals surface area contributed by atoms with Crippen molar-refractivity contribution in [1.82, 2.24) is 9.78 Å². The van der Waals surface area contributed by atoms with Crippen LogP contribution >= 0.6 is 11.6 Å². The van der Waals surface area contributed by atoms with Gasteiger partial charge in [-0.2, -0.15) is 5.10 Å². The lowest BCUT2D eigenvalue weighted by Crippen LogP contribution is -2.07. The molecule has 0 atom stereocenters. The standard InChI is InChI=1S/C9H13ClN2O2/c1-3-12-7(6-10)5-8(11-12)9(13)14-4-2/h5H,3-4,6H2,1-2H3. The minimum Gasteiger partial charge on any atom is -0.461 e. The Hall–Kier alpha value is -1.03. The Morgan fingerprint density at radius 3 is 2.79 bits per heavy atom. The molecule has 1 aromatic heterocycles. The molecule has 1 aromatic rings. The van der Waals surface area contributed by atoms with Crippen molar-refractivity contribution in [3.8, 4) is 0 Å². The first-order valence-corrected chi connectivity index (χ1v) is 5.06. The van der Waals surface area contributed by atoms with E-state index in [1.165, 1.54) is 0 Å². The van der Waals surface area contributed by atoms with E-state index in [1.807, 2.05) is 6.92 Å². The normalized spacial score (nSPS) is 10.2. The zero-order chi connectivity index (χ0) is 10.6. The minimum absolute atomic E-state index is 0.323. The van der Waals surface area contributed by atoms with E-state index < -0.39 is 5.97 Å². The van der Waals surface area contributed by atoms with E-state index in [4.69, 9.17) is 16.3 Å². The zero-order valence-corrected chi connectivity index (χ0v) is 9.04. The zero-order valence-electron chi connectivity index (χ0n) is 8.29. The number of aromatic nitrogens is 2. The SMILES string of the molecule is CCOC(=O)c1cc(CCl)n(CC)n1. The van der Waals surface area contributed by atoms with Crippen molar-refractivity contribution in [2.75, 3.05) is 6.61 Å². The molecule has 0 saturated carbocycles. The van der Waals surface area contributed by atoms with Crippen LogP contribution in [-0.2, 0) is 17.2 Å². The maximum Gasteiger partial charge on any atom is 0.358 e. The summed E-state index contributed by atoms with van der Waals surface area (Å²) >= 11 is 5.69. The van der Waals surface area contributed by atoms with Crippen LogP contribution in [0.25, 0.3) is 0 Å². The van der Waals surface area contributed by atoms with Crippen LogP contribution in [0.2, 0.25) is 0 Å². The molecule has 4 nitrogen and oxygen atoms in total. The fourth-order valence-electron chi connectivity index (χ4n) is 1.14. The molecule has 0 N–H and O–H groups in total. The number of alkyl halides is 1. The third kappa shape index (κ3) is 2.26.